The molecule has 0 radical (unpaired) electrons. The highest BCUT2D eigenvalue weighted by Gasteiger charge is 2.29. The van der Waals surface area contributed by atoms with Crippen molar-refractivity contribution < 1.29 is 14.3 Å². The fraction of sp³-hybridized carbons (Fsp3) is 0.370. The zero-order chi connectivity index (χ0) is 24.2. The Labute approximate surface area is 205 Å². The van der Waals surface area contributed by atoms with Crippen LogP contribution in [0.4, 0.5) is 0 Å². The summed E-state index contributed by atoms with van der Waals surface area (Å²) in [6.07, 6.45) is 1.83. The van der Waals surface area contributed by atoms with Gasteiger partial charge in [-0.15, -0.1) is 0 Å². The Morgan fingerprint density at radius 1 is 0.857 bits per heavy atom. The molecule has 0 aliphatic carbocycles. The van der Waals surface area contributed by atoms with Crippen LogP contribution < -0.4 is 0 Å². The molecule has 8 nitrogen and oxygen atoms in total. The third kappa shape index (κ3) is 5.13. The Balaban J connectivity index is 1.33. The summed E-state index contributed by atoms with van der Waals surface area (Å²) in [7, 11) is 0. The number of para-hydroxylation sites is 1. The Kier molecular flexibility index (Phi) is 6.92. The lowest BCUT2D eigenvalue weighted by Gasteiger charge is -2.36. The number of morpholine rings is 1. The van der Waals surface area contributed by atoms with Gasteiger partial charge in [-0.1, -0.05) is 42.5 Å². The quantitative estimate of drug-likeness (QED) is 0.569. The molecule has 2 amide bonds. The van der Waals surface area contributed by atoms with Crippen molar-refractivity contribution in [1.29, 1.82) is 0 Å². The van der Waals surface area contributed by atoms with E-state index in [1.54, 1.807) is 4.68 Å². The van der Waals surface area contributed by atoms with E-state index in [4.69, 9.17) is 9.84 Å². The number of amides is 2. The summed E-state index contributed by atoms with van der Waals surface area (Å²) in [6, 6.07) is 17.8. The predicted octanol–water partition coefficient (Wildman–Crippen LogP) is 2.46. The summed E-state index contributed by atoms with van der Waals surface area (Å²) in [5.41, 5.74) is 4.18. The zero-order valence-electron chi connectivity index (χ0n) is 20.1. The van der Waals surface area contributed by atoms with E-state index in [1.807, 2.05) is 77.5 Å². The fourth-order valence-corrected chi connectivity index (χ4v) is 4.66. The lowest BCUT2D eigenvalue weighted by atomic mass is 10.0. The van der Waals surface area contributed by atoms with Crippen molar-refractivity contribution in [2.45, 2.75) is 6.92 Å². The monoisotopic (exact) mass is 473 g/mol. The Hall–Kier alpha value is -3.49. The molecule has 0 N–H and O–H groups in total. The molecular formula is C27H31N5O3. The van der Waals surface area contributed by atoms with Gasteiger partial charge in [0.2, 0.25) is 5.91 Å². The van der Waals surface area contributed by atoms with E-state index >= 15 is 0 Å². The number of benzene rings is 2. The maximum Gasteiger partial charge on any atom is 0.257 e. The topological polar surface area (TPSA) is 70.9 Å². The molecule has 0 unspecified atom stereocenters. The van der Waals surface area contributed by atoms with Gasteiger partial charge >= 0.3 is 0 Å². The Morgan fingerprint density at radius 2 is 1.51 bits per heavy atom. The van der Waals surface area contributed by atoms with Crippen molar-refractivity contribution in [3.8, 4) is 16.9 Å². The van der Waals surface area contributed by atoms with Gasteiger partial charge in [0, 0.05) is 51.0 Å². The summed E-state index contributed by atoms with van der Waals surface area (Å²) in [6.45, 7) is 7.49. The molecule has 3 heterocycles. The minimum absolute atomic E-state index is 0.0503. The zero-order valence-corrected chi connectivity index (χ0v) is 20.1. The molecule has 2 aliphatic rings. The molecule has 35 heavy (non-hydrogen) atoms. The number of piperazine rings is 1. The van der Waals surface area contributed by atoms with Crippen molar-refractivity contribution >= 4 is 11.8 Å². The minimum Gasteiger partial charge on any atom is -0.379 e. The number of aryl methyl sites for hydroxylation is 1. The van der Waals surface area contributed by atoms with Gasteiger partial charge in [-0.05, 0) is 24.6 Å². The van der Waals surface area contributed by atoms with E-state index in [9.17, 15) is 9.59 Å². The largest absolute Gasteiger partial charge is 0.379 e. The van der Waals surface area contributed by atoms with Crippen LogP contribution in [0, 0.1) is 6.92 Å². The summed E-state index contributed by atoms with van der Waals surface area (Å²) in [5, 5.41) is 4.82. The average molecular weight is 474 g/mol. The minimum atomic E-state index is -0.0503. The molecular weight excluding hydrogens is 442 g/mol. The van der Waals surface area contributed by atoms with Crippen LogP contribution in [0.25, 0.3) is 16.9 Å². The second kappa shape index (κ2) is 10.4. The number of carbonyl (C=O) groups excluding carboxylic acids is 2. The standard InChI is InChI=1S/C27H31N5O3/c1-21-7-5-6-10-23(21)26-24(19-32(28-26)22-8-3-2-4-9-22)27(34)31-13-11-30(12-14-31)25(33)20-29-15-17-35-18-16-29/h2-10,19H,11-18,20H2,1H3. The van der Waals surface area contributed by atoms with Crippen molar-refractivity contribution in [1.82, 2.24) is 24.5 Å². The third-order valence-electron chi connectivity index (χ3n) is 6.75. The molecule has 2 fully saturated rings. The molecule has 0 atom stereocenters. The van der Waals surface area contributed by atoms with E-state index in [2.05, 4.69) is 4.90 Å². The number of carbonyl (C=O) groups is 2. The van der Waals surface area contributed by atoms with Gasteiger partial charge in [0.1, 0.15) is 5.69 Å². The summed E-state index contributed by atoms with van der Waals surface area (Å²) >= 11 is 0. The van der Waals surface area contributed by atoms with Gasteiger partial charge in [0.25, 0.3) is 5.91 Å². The van der Waals surface area contributed by atoms with Crippen molar-refractivity contribution in [3.63, 3.8) is 0 Å². The number of hydrogen-bond donors (Lipinski definition) is 0. The van der Waals surface area contributed by atoms with Crippen LogP contribution in [-0.4, -0.2) is 95.3 Å². The van der Waals surface area contributed by atoms with Gasteiger partial charge in [-0.2, -0.15) is 5.10 Å². The number of nitrogens with zero attached hydrogens (tertiary/aromatic N) is 5. The van der Waals surface area contributed by atoms with Crippen LogP contribution in [-0.2, 0) is 9.53 Å². The van der Waals surface area contributed by atoms with Crippen LogP contribution in [0.15, 0.2) is 60.8 Å². The molecule has 8 heteroatoms. The molecule has 3 aromatic rings. The highest BCUT2D eigenvalue weighted by molar-refractivity contribution is 6.00. The molecule has 182 valence electrons. The highest BCUT2D eigenvalue weighted by Crippen LogP contribution is 2.28. The second-order valence-electron chi connectivity index (χ2n) is 9.05. The lowest BCUT2D eigenvalue weighted by Crippen LogP contribution is -2.53. The molecule has 2 saturated heterocycles. The second-order valence-corrected chi connectivity index (χ2v) is 9.05. The lowest BCUT2D eigenvalue weighted by molar-refractivity contribution is -0.134. The number of aromatic nitrogens is 2. The van der Waals surface area contributed by atoms with Gasteiger partial charge < -0.3 is 14.5 Å². The number of ether oxygens (including phenoxy) is 1. The van der Waals surface area contributed by atoms with Gasteiger partial charge in [-0.3, -0.25) is 14.5 Å². The van der Waals surface area contributed by atoms with Crippen LogP contribution in [0.5, 0.6) is 0 Å². The first kappa shape index (κ1) is 23.3. The number of hydrogen-bond acceptors (Lipinski definition) is 5. The van der Waals surface area contributed by atoms with E-state index in [0.717, 1.165) is 29.9 Å². The summed E-state index contributed by atoms with van der Waals surface area (Å²) in [4.78, 5) is 32.3. The average Bonchev–Trinajstić information content (AvgIpc) is 3.35. The van der Waals surface area contributed by atoms with Crippen molar-refractivity contribution in [2.24, 2.45) is 0 Å². The van der Waals surface area contributed by atoms with E-state index in [-0.39, 0.29) is 11.8 Å². The first-order valence-corrected chi connectivity index (χ1v) is 12.2. The SMILES string of the molecule is Cc1ccccc1-c1nn(-c2ccccc2)cc1C(=O)N1CCN(C(=O)CN2CCOCC2)CC1. The molecule has 2 aliphatic heterocycles. The van der Waals surface area contributed by atoms with E-state index < -0.39 is 0 Å². The molecule has 2 aromatic carbocycles. The molecule has 0 saturated carbocycles. The third-order valence-corrected chi connectivity index (χ3v) is 6.75. The van der Waals surface area contributed by atoms with Crippen LogP contribution in [0.1, 0.15) is 15.9 Å². The maximum atomic E-state index is 13.7. The normalized spacial score (nSPS) is 16.9. The fourth-order valence-electron chi connectivity index (χ4n) is 4.66. The maximum absolute atomic E-state index is 13.7. The van der Waals surface area contributed by atoms with Gasteiger partial charge in [-0.25, -0.2) is 4.68 Å². The first-order valence-electron chi connectivity index (χ1n) is 12.2. The van der Waals surface area contributed by atoms with Crippen LogP contribution in [0.3, 0.4) is 0 Å². The Morgan fingerprint density at radius 3 is 2.23 bits per heavy atom. The highest BCUT2D eigenvalue weighted by atomic mass is 16.5. The summed E-state index contributed by atoms with van der Waals surface area (Å²) < 4.78 is 7.15. The summed E-state index contributed by atoms with van der Waals surface area (Å²) in [5.74, 6) is 0.0715. The van der Waals surface area contributed by atoms with Gasteiger partial charge in [0.05, 0.1) is 31.0 Å². The van der Waals surface area contributed by atoms with Crippen molar-refractivity contribution in [2.75, 3.05) is 59.0 Å². The predicted molar refractivity (Wildman–Crippen MR) is 133 cm³/mol. The first-order chi connectivity index (χ1) is 17.1. The van der Waals surface area contributed by atoms with Gasteiger partial charge in [0.15, 0.2) is 0 Å². The molecule has 1 aromatic heterocycles. The van der Waals surface area contributed by atoms with E-state index in [0.29, 0.717) is 57.2 Å². The Bertz CT molecular complexity index is 1180. The molecule has 0 spiro atoms. The molecule has 0 bridgehead atoms. The number of rotatable bonds is 5. The smallest absolute Gasteiger partial charge is 0.257 e. The molecule has 5 rings (SSSR count). The van der Waals surface area contributed by atoms with E-state index in [1.165, 1.54) is 0 Å². The van der Waals surface area contributed by atoms with Crippen molar-refractivity contribution in [3.05, 3.63) is 71.9 Å². The van der Waals surface area contributed by atoms with Crippen LogP contribution in [0.2, 0.25) is 0 Å². The van der Waals surface area contributed by atoms with Crippen LogP contribution >= 0.6 is 0 Å².